The minimum Gasteiger partial charge on any atom is -0.493 e. The molecule has 1 N–H and O–H groups in total. The van der Waals surface area contributed by atoms with Crippen molar-refractivity contribution in [2.75, 3.05) is 14.2 Å². The molecule has 0 spiro atoms. The summed E-state index contributed by atoms with van der Waals surface area (Å²) >= 11 is 0. The molecule has 5 heteroatoms. The maximum Gasteiger partial charge on any atom is 0.328 e. The van der Waals surface area contributed by atoms with Gasteiger partial charge in [-0.1, -0.05) is 0 Å². The molecule has 0 saturated heterocycles. The van der Waals surface area contributed by atoms with Crippen LogP contribution in [-0.4, -0.2) is 25.3 Å². The highest BCUT2D eigenvalue weighted by atomic mass is 16.5. The Morgan fingerprint density at radius 3 is 2.59 bits per heavy atom. The number of carboxylic acids is 1. The standard InChI is InChI=1S/C12H11NO4/c1-16-10-5-3-8(4-6-11(14)15)9(7-13)12(10)17-2/h3-6H,1-2H3,(H,14,15). The normalized spacial score (nSPS) is 9.94. The van der Waals surface area contributed by atoms with Gasteiger partial charge in [0.2, 0.25) is 0 Å². The first kappa shape index (κ1) is 12.6. The Balaban J connectivity index is 3.34. The van der Waals surface area contributed by atoms with Gasteiger partial charge >= 0.3 is 5.97 Å². The molecule has 0 saturated carbocycles. The van der Waals surface area contributed by atoms with Crippen LogP contribution in [-0.2, 0) is 4.79 Å². The summed E-state index contributed by atoms with van der Waals surface area (Å²) in [7, 11) is 2.88. The first-order valence-corrected chi connectivity index (χ1v) is 4.70. The summed E-state index contributed by atoms with van der Waals surface area (Å²) in [6.07, 6.45) is 2.30. The average Bonchev–Trinajstić information content (AvgIpc) is 2.34. The van der Waals surface area contributed by atoms with Crippen molar-refractivity contribution in [1.29, 1.82) is 5.26 Å². The Hall–Kier alpha value is -2.48. The summed E-state index contributed by atoms with van der Waals surface area (Å²) in [5.41, 5.74) is 0.705. The number of hydrogen-bond acceptors (Lipinski definition) is 4. The second-order valence-corrected chi connectivity index (χ2v) is 3.05. The summed E-state index contributed by atoms with van der Waals surface area (Å²) in [6.45, 7) is 0. The van der Waals surface area contributed by atoms with E-state index in [1.165, 1.54) is 20.3 Å². The fourth-order valence-electron chi connectivity index (χ4n) is 1.36. The molecule has 5 nitrogen and oxygen atoms in total. The van der Waals surface area contributed by atoms with Crippen molar-refractivity contribution >= 4 is 12.0 Å². The van der Waals surface area contributed by atoms with Gasteiger partial charge in [0.05, 0.1) is 14.2 Å². The van der Waals surface area contributed by atoms with Crippen LogP contribution in [0, 0.1) is 11.3 Å². The van der Waals surface area contributed by atoms with Crippen LogP contribution in [0.4, 0.5) is 0 Å². The van der Waals surface area contributed by atoms with Gasteiger partial charge in [-0.05, 0) is 23.8 Å². The quantitative estimate of drug-likeness (QED) is 0.800. The molecule has 88 valence electrons. The van der Waals surface area contributed by atoms with Gasteiger partial charge in [-0.25, -0.2) is 4.79 Å². The van der Waals surface area contributed by atoms with Crippen molar-refractivity contribution in [3.05, 3.63) is 29.3 Å². The lowest BCUT2D eigenvalue weighted by molar-refractivity contribution is -0.131. The van der Waals surface area contributed by atoms with E-state index in [0.717, 1.165) is 6.08 Å². The van der Waals surface area contributed by atoms with E-state index in [9.17, 15) is 4.79 Å². The Labute approximate surface area is 98.5 Å². The number of aliphatic carboxylic acids is 1. The van der Waals surface area contributed by atoms with E-state index < -0.39 is 5.97 Å². The molecule has 0 atom stereocenters. The van der Waals surface area contributed by atoms with Crippen LogP contribution in [0.3, 0.4) is 0 Å². The third kappa shape index (κ3) is 2.75. The highest BCUT2D eigenvalue weighted by Gasteiger charge is 2.13. The van der Waals surface area contributed by atoms with Gasteiger partial charge < -0.3 is 14.6 Å². The number of carbonyl (C=O) groups is 1. The summed E-state index contributed by atoms with van der Waals surface area (Å²) < 4.78 is 10.1. The number of ether oxygens (including phenoxy) is 2. The molecule has 0 bridgehead atoms. The lowest BCUT2D eigenvalue weighted by Crippen LogP contribution is -1.96. The van der Waals surface area contributed by atoms with Crippen molar-refractivity contribution in [3.63, 3.8) is 0 Å². The van der Waals surface area contributed by atoms with Crippen LogP contribution < -0.4 is 9.47 Å². The second kappa shape index (κ2) is 5.56. The predicted octanol–water partition coefficient (Wildman–Crippen LogP) is 1.67. The molecule has 1 rings (SSSR count). The molecule has 0 radical (unpaired) electrons. The predicted molar refractivity (Wildman–Crippen MR) is 60.9 cm³/mol. The van der Waals surface area contributed by atoms with Crippen LogP contribution in [0.15, 0.2) is 18.2 Å². The summed E-state index contributed by atoms with van der Waals surface area (Å²) in [4.78, 5) is 10.4. The number of benzene rings is 1. The van der Waals surface area contributed by atoms with Crippen molar-refractivity contribution in [2.24, 2.45) is 0 Å². The molecule has 0 aliphatic heterocycles. The maximum atomic E-state index is 10.4. The molecule has 0 aliphatic carbocycles. The van der Waals surface area contributed by atoms with Gasteiger partial charge in [0, 0.05) is 6.08 Å². The first-order chi connectivity index (χ1) is 8.13. The number of nitrogens with zero attached hydrogens (tertiary/aromatic N) is 1. The van der Waals surface area contributed by atoms with Gasteiger partial charge in [-0.15, -0.1) is 0 Å². The third-order valence-corrected chi connectivity index (χ3v) is 2.10. The molecule has 0 aliphatic rings. The largest absolute Gasteiger partial charge is 0.493 e. The molecule has 1 aromatic carbocycles. The average molecular weight is 233 g/mol. The highest BCUT2D eigenvalue weighted by Crippen LogP contribution is 2.33. The molecule has 17 heavy (non-hydrogen) atoms. The number of carboxylic acid groups (broad SMARTS) is 1. The molecule has 0 heterocycles. The topological polar surface area (TPSA) is 79.5 Å². The van der Waals surface area contributed by atoms with Crippen molar-refractivity contribution < 1.29 is 19.4 Å². The summed E-state index contributed by atoms with van der Waals surface area (Å²) in [5.74, 6) is -0.359. The Bertz CT molecular complexity index is 500. The van der Waals surface area contributed by atoms with Crippen LogP contribution in [0.2, 0.25) is 0 Å². The first-order valence-electron chi connectivity index (χ1n) is 4.70. The van der Waals surface area contributed by atoms with Crippen LogP contribution in [0.1, 0.15) is 11.1 Å². The lowest BCUT2D eigenvalue weighted by Gasteiger charge is -2.10. The molecule has 0 amide bonds. The molecule has 1 aromatic rings. The Kier molecular flexibility index (Phi) is 4.12. The Morgan fingerprint density at radius 2 is 2.12 bits per heavy atom. The van der Waals surface area contributed by atoms with Crippen molar-refractivity contribution in [2.45, 2.75) is 0 Å². The van der Waals surface area contributed by atoms with Crippen LogP contribution >= 0.6 is 0 Å². The fraction of sp³-hybridized carbons (Fsp3) is 0.167. The second-order valence-electron chi connectivity index (χ2n) is 3.05. The molecule has 0 aromatic heterocycles. The summed E-state index contributed by atoms with van der Waals surface area (Å²) in [6, 6.07) is 5.17. The van der Waals surface area contributed by atoms with Gasteiger partial charge in [0.15, 0.2) is 11.5 Å². The molecule has 0 unspecified atom stereocenters. The highest BCUT2D eigenvalue weighted by molar-refractivity contribution is 5.86. The zero-order valence-electron chi connectivity index (χ0n) is 9.43. The van der Waals surface area contributed by atoms with E-state index in [1.807, 2.05) is 6.07 Å². The SMILES string of the molecule is COc1ccc(C=CC(=O)O)c(C#N)c1OC. The number of hydrogen-bond donors (Lipinski definition) is 1. The smallest absolute Gasteiger partial charge is 0.328 e. The zero-order valence-corrected chi connectivity index (χ0v) is 9.43. The van der Waals surface area contributed by atoms with Crippen LogP contribution in [0.5, 0.6) is 11.5 Å². The Morgan fingerprint density at radius 1 is 1.41 bits per heavy atom. The van der Waals surface area contributed by atoms with E-state index in [1.54, 1.807) is 12.1 Å². The van der Waals surface area contributed by atoms with E-state index in [-0.39, 0.29) is 5.56 Å². The molecule has 0 fully saturated rings. The van der Waals surface area contributed by atoms with Crippen molar-refractivity contribution in [3.8, 4) is 17.6 Å². The minimum absolute atomic E-state index is 0.240. The van der Waals surface area contributed by atoms with Gasteiger partial charge in [0.25, 0.3) is 0 Å². The van der Waals surface area contributed by atoms with E-state index in [4.69, 9.17) is 19.8 Å². The van der Waals surface area contributed by atoms with E-state index >= 15 is 0 Å². The zero-order chi connectivity index (χ0) is 12.8. The van der Waals surface area contributed by atoms with Gasteiger partial charge in [-0.2, -0.15) is 5.26 Å². The molecular weight excluding hydrogens is 222 g/mol. The number of nitriles is 1. The monoisotopic (exact) mass is 233 g/mol. The third-order valence-electron chi connectivity index (χ3n) is 2.10. The minimum atomic E-state index is -1.08. The maximum absolute atomic E-state index is 10.4. The van der Waals surface area contributed by atoms with Crippen molar-refractivity contribution in [1.82, 2.24) is 0 Å². The van der Waals surface area contributed by atoms with Gasteiger partial charge in [-0.3, -0.25) is 0 Å². The molecular formula is C12H11NO4. The lowest BCUT2D eigenvalue weighted by atomic mass is 10.1. The number of rotatable bonds is 4. The van der Waals surface area contributed by atoms with Gasteiger partial charge in [0.1, 0.15) is 11.6 Å². The van der Waals surface area contributed by atoms with Crippen LogP contribution in [0.25, 0.3) is 6.08 Å². The fourth-order valence-corrected chi connectivity index (χ4v) is 1.36. The summed E-state index contributed by atoms with van der Waals surface area (Å²) in [5, 5.41) is 17.6. The number of methoxy groups -OCH3 is 2. The van der Waals surface area contributed by atoms with E-state index in [2.05, 4.69) is 0 Å². The van der Waals surface area contributed by atoms with E-state index in [0.29, 0.717) is 17.1 Å².